The molecule has 106 valence electrons. The van der Waals surface area contributed by atoms with Gasteiger partial charge in [-0.05, 0) is 57.8 Å². The van der Waals surface area contributed by atoms with E-state index in [0.29, 0.717) is 6.54 Å². The van der Waals surface area contributed by atoms with Crippen molar-refractivity contribution in [3.8, 4) is 16.9 Å². The van der Waals surface area contributed by atoms with E-state index in [9.17, 15) is 4.39 Å². The highest BCUT2D eigenvalue weighted by molar-refractivity contribution is 5.88. The fraction of sp³-hybridized carbons (Fsp3) is 0.111. The minimum atomic E-state index is -0.253. The number of ether oxygens (including phenoxy) is 1. The second-order valence-corrected chi connectivity index (χ2v) is 4.93. The van der Waals surface area contributed by atoms with E-state index in [1.165, 1.54) is 12.1 Å². The summed E-state index contributed by atoms with van der Waals surface area (Å²) in [6, 6.07) is 16.7. The van der Waals surface area contributed by atoms with E-state index in [2.05, 4.69) is 0 Å². The molecule has 0 heterocycles. The average molecular weight is 281 g/mol. The summed E-state index contributed by atoms with van der Waals surface area (Å²) in [4.78, 5) is 0. The zero-order valence-corrected chi connectivity index (χ0v) is 11.8. The molecule has 0 aromatic heterocycles. The van der Waals surface area contributed by atoms with Crippen LogP contribution < -0.4 is 10.5 Å². The van der Waals surface area contributed by atoms with Crippen molar-refractivity contribution >= 4 is 10.8 Å². The standard InChI is InChI=1S/C18H16FNO/c1-21-17-7-5-12-8-14(3-2-13(12)9-17)18-10-16(19)6-4-15(18)11-20/h2-10H,11,20H2,1H3. The van der Waals surface area contributed by atoms with Crippen LogP contribution in [-0.2, 0) is 6.54 Å². The van der Waals surface area contributed by atoms with Gasteiger partial charge in [-0.2, -0.15) is 0 Å². The SMILES string of the molecule is COc1ccc2cc(-c3cc(F)ccc3CN)ccc2c1. The highest BCUT2D eigenvalue weighted by Crippen LogP contribution is 2.29. The van der Waals surface area contributed by atoms with Crippen molar-refractivity contribution in [2.75, 3.05) is 7.11 Å². The van der Waals surface area contributed by atoms with Gasteiger partial charge in [0.2, 0.25) is 0 Å². The van der Waals surface area contributed by atoms with E-state index < -0.39 is 0 Å². The number of methoxy groups -OCH3 is 1. The predicted octanol–water partition coefficient (Wildman–Crippen LogP) is 4.11. The average Bonchev–Trinajstić information content (AvgIpc) is 2.53. The van der Waals surface area contributed by atoms with Gasteiger partial charge >= 0.3 is 0 Å². The number of rotatable bonds is 3. The molecule has 2 N–H and O–H groups in total. The third kappa shape index (κ3) is 2.60. The molecule has 0 atom stereocenters. The van der Waals surface area contributed by atoms with Crippen LogP contribution in [0.3, 0.4) is 0 Å². The van der Waals surface area contributed by atoms with E-state index in [4.69, 9.17) is 10.5 Å². The van der Waals surface area contributed by atoms with E-state index >= 15 is 0 Å². The van der Waals surface area contributed by atoms with Crippen LogP contribution >= 0.6 is 0 Å². The Hall–Kier alpha value is -2.39. The first-order valence-electron chi connectivity index (χ1n) is 6.78. The van der Waals surface area contributed by atoms with E-state index in [0.717, 1.165) is 33.2 Å². The van der Waals surface area contributed by atoms with Crippen molar-refractivity contribution < 1.29 is 9.13 Å². The van der Waals surface area contributed by atoms with Crippen LogP contribution in [-0.4, -0.2) is 7.11 Å². The Labute approximate surface area is 123 Å². The van der Waals surface area contributed by atoms with Gasteiger partial charge < -0.3 is 10.5 Å². The molecule has 0 bridgehead atoms. The lowest BCUT2D eigenvalue weighted by Gasteiger charge is -2.10. The number of fused-ring (bicyclic) bond motifs is 1. The maximum absolute atomic E-state index is 13.5. The summed E-state index contributed by atoms with van der Waals surface area (Å²) in [6.45, 7) is 0.385. The summed E-state index contributed by atoms with van der Waals surface area (Å²) in [5.74, 6) is 0.570. The molecule has 0 amide bonds. The summed E-state index contributed by atoms with van der Waals surface area (Å²) in [5.41, 5.74) is 8.49. The molecular weight excluding hydrogens is 265 g/mol. The quantitative estimate of drug-likeness (QED) is 0.784. The third-order valence-corrected chi connectivity index (χ3v) is 3.65. The molecule has 0 fully saturated rings. The molecule has 0 aliphatic rings. The number of hydrogen-bond donors (Lipinski definition) is 1. The van der Waals surface area contributed by atoms with Crippen molar-refractivity contribution in [3.05, 3.63) is 66.0 Å². The number of hydrogen-bond acceptors (Lipinski definition) is 2. The van der Waals surface area contributed by atoms with Crippen LogP contribution in [0.1, 0.15) is 5.56 Å². The summed E-state index contributed by atoms with van der Waals surface area (Å²) < 4.78 is 18.7. The Kier molecular flexibility index (Phi) is 3.59. The van der Waals surface area contributed by atoms with E-state index in [-0.39, 0.29) is 5.82 Å². The van der Waals surface area contributed by atoms with Gasteiger partial charge in [-0.15, -0.1) is 0 Å². The normalized spacial score (nSPS) is 10.8. The first kappa shape index (κ1) is 13.6. The van der Waals surface area contributed by atoms with Crippen LogP contribution in [0.15, 0.2) is 54.6 Å². The minimum Gasteiger partial charge on any atom is -0.497 e. The van der Waals surface area contributed by atoms with Gasteiger partial charge in [0.15, 0.2) is 0 Å². The van der Waals surface area contributed by atoms with Crippen LogP contribution in [0.4, 0.5) is 4.39 Å². The molecule has 3 aromatic rings. The van der Waals surface area contributed by atoms with Crippen LogP contribution in [0.5, 0.6) is 5.75 Å². The fourth-order valence-electron chi connectivity index (χ4n) is 2.51. The Balaban J connectivity index is 2.15. The Morgan fingerprint density at radius 3 is 2.48 bits per heavy atom. The van der Waals surface area contributed by atoms with Gasteiger partial charge in [0.05, 0.1) is 7.11 Å². The molecule has 2 nitrogen and oxygen atoms in total. The lowest BCUT2D eigenvalue weighted by atomic mass is 9.97. The van der Waals surface area contributed by atoms with E-state index in [1.54, 1.807) is 13.2 Å². The minimum absolute atomic E-state index is 0.253. The van der Waals surface area contributed by atoms with Gasteiger partial charge in [-0.1, -0.05) is 24.3 Å². The Bertz CT molecular complexity index is 798. The molecule has 0 saturated carbocycles. The van der Waals surface area contributed by atoms with Crippen LogP contribution in [0.25, 0.3) is 21.9 Å². The van der Waals surface area contributed by atoms with Crippen LogP contribution in [0, 0.1) is 5.82 Å². The maximum atomic E-state index is 13.5. The van der Waals surface area contributed by atoms with Gasteiger partial charge in [0.1, 0.15) is 11.6 Å². The van der Waals surface area contributed by atoms with Crippen molar-refractivity contribution in [2.24, 2.45) is 5.73 Å². The van der Waals surface area contributed by atoms with Crippen molar-refractivity contribution in [2.45, 2.75) is 6.54 Å². The van der Waals surface area contributed by atoms with Gasteiger partial charge in [0.25, 0.3) is 0 Å². The molecule has 0 aliphatic heterocycles. The fourth-order valence-corrected chi connectivity index (χ4v) is 2.51. The smallest absolute Gasteiger partial charge is 0.123 e. The first-order valence-corrected chi connectivity index (χ1v) is 6.78. The number of halogens is 1. The molecular formula is C18H16FNO. The summed E-state index contributed by atoms with van der Waals surface area (Å²) in [6.07, 6.45) is 0. The molecule has 0 aliphatic carbocycles. The molecule has 0 spiro atoms. The summed E-state index contributed by atoms with van der Waals surface area (Å²) >= 11 is 0. The third-order valence-electron chi connectivity index (χ3n) is 3.65. The van der Waals surface area contributed by atoms with Crippen LogP contribution in [0.2, 0.25) is 0 Å². The van der Waals surface area contributed by atoms with Crippen molar-refractivity contribution in [1.82, 2.24) is 0 Å². The monoisotopic (exact) mass is 281 g/mol. The maximum Gasteiger partial charge on any atom is 0.123 e. The molecule has 3 heteroatoms. The molecule has 0 unspecified atom stereocenters. The topological polar surface area (TPSA) is 35.2 Å². The molecule has 3 aromatic carbocycles. The van der Waals surface area contributed by atoms with E-state index in [1.807, 2.05) is 36.4 Å². The highest BCUT2D eigenvalue weighted by atomic mass is 19.1. The lowest BCUT2D eigenvalue weighted by molar-refractivity contribution is 0.415. The Morgan fingerprint density at radius 1 is 0.952 bits per heavy atom. The van der Waals surface area contributed by atoms with Gasteiger partial charge in [0, 0.05) is 6.54 Å². The van der Waals surface area contributed by atoms with Crippen molar-refractivity contribution in [1.29, 1.82) is 0 Å². The predicted molar refractivity (Wildman–Crippen MR) is 83.8 cm³/mol. The van der Waals surface area contributed by atoms with Crippen molar-refractivity contribution in [3.63, 3.8) is 0 Å². The zero-order valence-electron chi connectivity index (χ0n) is 11.8. The summed E-state index contributed by atoms with van der Waals surface area (Å²) in [5, 5.41) is 2.17. The highest BCUT2D eigenvalue weighted by Gasteiger charge is 2.07. The van der Waals surface area contributed by atoms with Gasteiger partial charge in [-0.3, -0.25) is 0 Å². The molecule has 3 rings (SSSR count). The van der Waals surface area contributed by atoms with Gasteiger partial charge in [-0.25, -0.2) is 4.39 Å². The molecule has 0 saturated heterocycles. The largest absolute Gasteiger partial charge is 0.497 e. The second-order valence-electron chi connectivity index (χ2n) is 4.93. The lowest BCUT2D eigenvalue weighted by Crippen LogP contribution is -1.99. The molecule has 21 heavy (non-hydrogen) atoms. The number of nitrogens with two attached hydrogens (primary N) is 1. The Morgan fingerprint density at radius 2 is 1.71 bits per heavy atom. The zero-order chi connectivity index (χ0) is 14.8. The first-order chi connectivity index (χ1) is 10.2. The molecule has 0 radical (unpaired) electrons. The summed E-state index contributed by atoms with van der Waals surface area (Å²) in [7, 11) is 1.65. The second kappa shape index (κ2) is 5.54. The number of benzene rings is 3.